The van der Waals surface area contributed by atoms with Crippen LogP contribution in [0.25, 0.3) is 0 Å². The van der Waals surface area contributed by atoms with Crippen LogP contribution < -0.4 is 14.8 Å². The lowest BCUT2D eigenvalue weighted by Crippen LogP contribution is -2.33. The van der Waals surface area contributed by atoms with Gasteiger partial charge < -0.3 is 14.8 Å². The van der Waals surface area contributed by atoms with Gasteiger partial charge in [0.2, 0.25) is 0 Å². The second-order valence-electron chi connectivity index (χ2n) is 3.96. The molecule has 0 bridgehead atoms. The molecule has 4 heteroatoms. The van der Waals surface area contributed by atoms with Crippen molar-refractivity contribution in [1.29, 1.82) is 0 Å². The number of rotatable bonds is 3. The molecule has 1 aliphatic heterocycles. The van der Waals surface area contributed by atoms with Gasteiger partial charge in [0.05, 0.1) is 6.04 Å². The third-order valence-corrected chi connectivity index (χ3v) is 2.72. The van der Waals surface area contributed by atoms with Gasteiger partial charge in [-0.05, 0) is 24.6 Å². The van der Waals surface area contributed by atoms with Crippen molar-refractivity contribution in [3.05, 3.63) is 23.8 Å². The maximum atomic E-state index is 12.0. The Kier molecular flexibility index (Phi) is 3.73. The maximum Gasteiger partial charge on any atom is 0.252 e. The molecule has 2 rings (SSSR count). The summed E-state index contributed by atoms with van der Waals surface area (Å²) >= 11 is 0. The van der Waals surface area contributed by atoms with E-state index in [1.54, 1.807) is 18.2 Å². The molecule has 0 saturated heterocycles. The molecule has 0 radical (unpaired) electrons. The smallest absolute Gasteiger partial charge is 0.252 e. The Morgan fingerprint density at radius 1 is 1.44 bits per heavy atom. The van der Waals surface area contributed by atoms with E-state index in [0.29, 0.717) is 36.7 Å². The van der Waals surface area contributed by atoms with E-state index in [0.717, 1.165) is 0 Å². The number of benzene rings is 1. The van der Waals surface area contributed by atoms with Gasteiger partial charge >= 0.3 is 0 Å². The van der Waals surface area contributed by atoms with Gasteiger partial charge in [-0.3, -0.25) is 4.79 Å². The van der Waals surface area contributed by atoms with Crippen LogP contribution in [0.1, 0.15) is 23.7 Å². The van der Waals surface area contributed by atoms with Crippen LogP contribution in [0, 0.1) is 12.3 Å². The zero-order chi connectivity index (χ0) is 13.0. The molecule has 1 heterocycles. The van der Waals surface area contributed by atoms with Crippen molar-refractivity contribution in [2.45, 2.75) is 19.4 Å². The summed E-state index contributed by atoms with van der Waals surface area (Å²) < 4.78 is 10.8. The second-order valence-corrected chi connectivity index (χ2v) is 3.96. The highest BCUT2D eigenvalue weighted by atomic mass is 16.6. The van der Waals surface area contributed by atoms with E-state index in [4.69, 9.17) is 15.9 Å². The molecule has 1 N–H and O–H groups in total. The first-order chi connectivity index (χ1) is 8.74. The van der Waals surface area contributed by atoms with Crippen LogP contribution in [0.15, 0.2) is 18.2 Å². The van der Waals surface area contributed by atoms with Crippen molar-refractivity contribution in [2.24, 2.45) is 0 Å². The molecule has 1 aromatic carbocycles. The predicted octanol–water partition coefficient (Wildman–Crippen LogP) is 1.60. The van der Waals surface area contributed by atoms with Crippen LogP contribution >= 0.6 is 0 Å². The highest BCUT2D eigenvalue weighted by molar-refractivity contribution is 5.95. The number of fused-ring (bicyclic) bond motifs is 1. The summed E-state index contributed by atoms with van der Waals surface area (Å²) in [6.45, 7) is 2.96. The van der Waals surface area contributed by atoms with Crippen LogP contribution in [0.3, 0.4) is 0 Å². The third kappa shape index (κ3) is 2.57. The predicted molar refractivity (Wildman–Crippen MR) is 67.8 cm³/mol. The molecule has 0 saturated carbocycles. The summed E-state index contributed by atoms with van der Waals surface area (Å²) in [5.74, 6) is 3.60. The average Bonchev–Trinajstić information content (AvgIpc) is 2.44. The number of hydrogen-bond donors (Lipinski definition) is 1. The minimum atomic E-state index is -0.245. The molecular formula is C14H15NO3. The van der Waals surface area contributed by atoms with Crippen LogP contribution in [-0.2, 0) is 0 Å². The Morgan fingerprint density at radius 2 is 2.17 bits per heavy atom. The summed E-state index contributed by atoms with van der Waals surface area (Å²) in [5, 5.41) is 2.77. The van der Waals surface area contributed by atoms with Gasteiger partial charge in [-0.2, -0.15) is 0 Å². The number of nitrogens with one attached hydrogen (secondary N) is 1. The number of amides is 1. The van der Waals surface area contributed by atoms with Crippen LogP contribution in [-0.4, -0.2) is 25.2 Å². The molecule has 0 fully saturated rings. The fourth-order valence-corrected chi connectivity index (χ4v) is 1.69. The van der Waals surface area contributed by atoms with E-state index in [9.17, 15) is 4.79 Å². The average molecular weight is 245 g/mol. The number of carbonyl (C=O) groups excluding carboxylic acids is 1. The van der Waals surface area contributed by atoms with Gasteiger partial charge in [0.15, 0.2) is 11.5 Å². The summed E-state index contributed by atoms with van der Waals surface area (Å²) in [6, 6.07) is 4.87. The Morgan fingerprint density at radius 3 is 2.83 bits per heavy atom. The second kappa shape index (κ2) is 5.46. The highest BCUT2D eigenvalue weighted by Crippen LogP contribution is 2.30. The summed E-state index contributed by atoms with van der Waals surface area (Å²) in [6.07, 6.45) is 6.01. The largest absolute Gasteiger partial charge is 0.486 e. The van der Waals surface area contributed by atoms with E-state index < -0.39 is 0 Å². The van der Waals surface area contributed by atoms with E-state index in [-0.39, 0.29) is 11.9 Å². The third-order valence-electron chi connectivity index (χ3n) is 2.72. The number of carbonyl (C=O) groups is 1. The number of ether oxygens (including phenoxy) is 2. The lowest BCUT2D eigenvalue weighted by molar-refractivity contribution is 0.0944. The van der Waals surface area contributed by atoms with Crippen molar-refractivity contribution < 1.29 is 14.3 Å². The monoisotopic (exact) mass is 245 g/mol. The lowest BCUT2D eigenvalue weighted by Gasteiger charge is -2.19. The molecule has 1 atom stereocenters. The van der Waals surface area contributed by atoms with Crippen molar-refractivity contribution in [3.63, 3.8) is 0 Å². The van der Waals surface area contributed by atoms with E-state index >= 15 is 0 Å². The molecule has 1 aromatic rings. The lowest BCUT2D eigenvalue weighted by atomic mass is 10.1. The number of hydrogen-bond acceptors (Lipinski definition) is 3. The number of terminal acetylenes is 1. The molecule has 1 unspecified atom stereocenters. The quantitative estimate of drug-likeness (QED) is 0.823. The Labute approximate surface area is 106 Å². The minimum Gasteiger partial charge on any atom is -0.486 e. The Balaban J connectivity index is 2.14. The van der Waals surface area contributed by atoms with Gasteiger partial charge in [-0.1, -0.05) is 12.8 Å². The first-order valence-electron chi connectivity index (χ1n) is 5.91. The Bertz CT molecular complexity index is 490. The first-order valence-corrected chi connectivity index (χ1v) is 5.91. The van der Waals surface area contributed by atoms with Gasteiger partial charge in [0.25, 0.3) is 5.91 Å². The Hall–Kier alpha value is -2.15. The maximum absolute atomic E-state index is 12.0. The normalized spacial score (nSPS) is 14.4. The molecule has 1 aliphatic rings. The van der Waals surface area contributed by atoms with E-state index in [1.165, 1.54) is 0 Å². The van der Waals surface area contributed by atoms with Crippen LogP contribution in [0.4, 0.5) is 0 Å². The van der Waals surface area contributed by atoms with Crippen molar-refractivity contribution >= 4 is 5.91 Å². The molecular weight excluding hydrogens is 230 g/mol. The van der Waals surface area contributed by atoms with E-state index in [1.807, 2.05) is 6.92 Å². The van der Waals surface area contributed by atoms with Gasteiger partial charge in [0, 0.05) is 5.56 Å². The summed E-state index contributed by atoms with van der Waals surface area (Å²) in [5.41, 5.74) is 0.521. The van der Waals surface area contributed by atoms with Crippen molar-refractivity contribution in [2.75, 3.05) is 13.2 Å². The summed E-state index contributed by atoms with van der Waals surface area (Å²) in [4.78, 5) is 12.0. The van der Waals surface area contributed by atoms with Crippen molar-refractivity contribution in [1.82, 2.24) is 5.32 Å². The zero-order valence-corrected chi connectivity index (χ0v) is 10.2. The fourth-order valence-electron chi connectivity index (χ4n) is 1.69. The topological polar surface area (TPSA) is 47.6 Å². The molecule has 0 aliphatic carbocycles. The molecule has 4 nitrogen and oxygen atoms in total. The fraction of sp³-hybridized carbons (Fsp3) is 0.357. The van der Waals surface area contributed by atoms with Gasteiger partial charge in [-0.15, -0.1) is 6.42 Å². The SMILES string of the molecule is C#CC(CC)NC(=O)c1ccc2c(c1)OCCO2. The zero-order valence-electron chi connectivity index (χ0n) is 10.2. The standard InChI is InChI=1S/C14H15NO3/c1-3-11(4-2)15-14(16)10-5-6-12-13(9-10)18-8-7-17-12/h1,5-6,9,11H,4,7-8H2,2H3,(H,15,16). The molecule has 18 heavy (non-hydrogen) atoms. The van der Waals surface area contributed by atoms with Crippen molar-refractivity contribution in [3.8, 4) is 23.8 Å². The summed E-state index contributed by atoms with van der Waals surface area (Å²) in [7, 11) is 0. The van der Waals surface area contributed by atoms with Crippen LogP contribution in [0.2, 0.25) is 0 Å². The molecule has 94 valence electrons. The molecule has 0 spiro atoms. The molecule has 1 amide bonds. The first kappa shape index (κ1) is 12.3. The molecule has 0 aromatic heterocycles. The minimum absolute atomic E-state index is 0.197. The van der Waals surface area contributed by atoms with Gasteiger partial charge in [-0.25, -0.2) is 0 Å². The van der Waals surface area contributed by atoms with E-state index in [2.05, 4.69) is 11.2 Å². The van der Waals surface area contributed by atoms with Crippen LogP contribution in [0.5, 0.6) is 11.5 Å². The highest BCUT2D eigenvalue weighted by Gasteiger charge is 2.16. The van der Waals surface area contributed by atoms with Gasteiger partial charge in [0.1, 0.15) is 13.2 Å².